The fraction of sp³-hybridized carbons (Fsp3) is 0.500. The van der Waals surface area contributed by atoms with Crippen molar-refractivity contribution >= 4 is 11.0 Å². The Morgan fingerprint density at radius 3 is 2.83 bits per heavy atom. The fourth-order valence-corrected chi connectivity index (χ4v) is 6.46. The molecule has 2 unspecified atom stereocenters. The summed E-state index contributed by atoms with van der Waals surface area (Å²) < 4.78 is 1.13. The summed E-state index contributed by atoms with van der Waals surface area (Å²) in [4.78, 5) is 13.5. The predicted molar refractivity (Wildman–Crippen MR) is 114 cm³/mol. The van der Waals surface area contributed by atoms with E-state index >= 15 is 0 Å². The van der Waals surface area contributed by atoms with Crippen molar-refractivity contribution in [3.05, 3.63) is 59.7 Å². The minimum atomic E-state index is 0.367. The zero-order chi connectivity index (χ0) is 19.5. The number of fused-ring (bicyclic) bond motifs is 2. The number of aryl methyl sites for hydroxylation is 1. The number of nitrogens with zero attached hydrogens (tertiary/aromatic N) is 3. The summed E-state index contributed by atoms with van der Waals surface area (Å²) in [7, 11) is 0. The second kappa shape index (κ2) is 6.38. The van der Waals surface area contributed by atoms with Crippen LogP contribution in [0.3, 0.4) is 0 Å². The molecule has 2 fully saturated rings. The molecule has 1 saturated carbocycles. The van der Waals surface area contributed by atoms with E-state index in [2.05, 4.69) is 41.4 Å². The molecule has 2 aliphatic carbocycles. The quantitative estimate of drug-likeness (QED) is 0.526. The Balaban J connectivity index is 1.42. The van der Waals surface area contributed by atoms with E-state index in [4.69, 9.17) is 15.7 Å². The van der Waals surface area contributed by atoms with Crippen LogP contribution in [0.25, 0.3) is 11.0 Å². The van der Waals surface area contributed by atoms with E-state index in [1.165, 1.54) is 49.9 Å². The van der Waals surface area contributed by atoms with Gasteiger partial charge in [0.2, 0.25) is 0 Å². The van der Waals surface area contributed by atoms with Crippen molar-refractivity contribution in [1.29, 1.82) is 0 Å². The van der Waals surface area contributed by atoms with E-state index in [9.17, 15) is 0 Å². The highest BCUT2D eigenvalue weighted by Gasteiger charge is 2.72. The number of hydrogen-bond donors (Lipinski definition) is 2. The molecule has 6 rings (SSSR count). The maximum absolute atomic E-state index is 6.29. The smallest absolute Gasteiger partial charge is 0.162 e. The summed E-state index contributed by atoms with van der Waals surface area (Å²) in [5.74, 6) is 1.13. The molecule has 5 heteroatoms. The molecular formula is C24H30N5+. The topological polar surface area (TPSA) is 67.6 Å². The van der Waals surface area contributed by atoms with Crippen molar-refractivity contribution in [2.24, 2.45) is 5.73 Å². The van der Waals surface area contributed by atoms with Gasteiger partial charge in [0.25, 0.3) is 0 Å². The molecule has 1 aliphatic heterocycles. The van der Waals surface area contributed by atoms with Crippen molar-refractivity contribution < 1.29 is 4.48 Å². The molecule has 0 radical (unpaired) electrons. The number of H-pyrrole nitrogens is 1. The van der Waals surface area contributed by atoms with Crippen LogP contribution in [-0.4, -0.2) is 37.6 Å². The second-order valence-corrected chi connectivity index (χ2v) is 9.57. The lowest BCUT2D eigenvalue weighted by Crippen LogP contribution is -2.44. The third kappa shape index (κ3) is 2.67. The van der Waals surface area contributed by atoms with E-state index in [1.807, 2.05) is 6.20 Å². The Kier molecular flexibility index (Phi) is 3.87. The third-order valence-electron chi connectivity index (χ3n) is 8.01. The van der Waals surface area contributed by atoms with Crippen molar-refractivity contribution in [3.63, 3.8) is 0 Å². The molecule has 29 heavy (non-hydrogen) atoms. The van der Waals surface area contributed by atoms with Crippen molar-refractivity contribution in [2.45, 2.75) is 69.1 Å². The summed E-state index contributed by atoms with van der Waals surface area (Å²) in [5.41, 5.74) is 11.7. The Labute approximate surface area is 171 Å². The number of hydrogen-bond acceptors (Lipinski definition) is 3. The van der Waals surface area contributed by atoms with Gasteiger partial charge in [-0.05, 0) is 49.4 Å². The molecule has 3 aliphatic rings. The zero-order valence-electron chi connectivity index (χ0n) is 17.0. The summed E-state index contributed by atoms with van der Waals surface area (Å²) in [6.45, 7) is 2.22. The first kappa shape index (κ1) is 17.6. The van der Waals surface area contributed by atoms with Crippen LogP contribution in [0, 0.1) is 0 Å². The van der Waals surface area contributed by atoms with Crippen LogP contribution >= 0.6 is 0 Å². The maximum atomic E-state index is 6.29. The maximum Gasteiger partial charge on any atom is 0.162 e. The number of imidazole rings is 1. The molecule has 2 atom stereocenters. The lowest BCUT2D eigenvalue weighted by Gasteiger charge is -2.38. The van der Waals surface area contributed by atoms with Crippen LogP contribution in [0.5, 0.6) is 0 Å². The Hall–Kier alpha value is -2.24. The van der Waals surface area contributed by atoms with Gasteiger partial charge in [-0.25, -0.2) is 4.98 Å². The van der Waals surface area contributed by atoms with Gasteiger partial charge in [-0.1, -0.05) is 18.2 Å². The molecule has 0 bridgehead atoms. The Morgan fingerprint density at radius 2 is 1.97 bits per heavy atom. The minimum Gasteiger partial charge on any atom is -0.337 e. The van der Waals surface area contributed by atoms with Gasteiger partial charge >= 0.3 is 0 Å². The first-order chi connectivity index (χ1) is 14.2. The fourth-order valence-electron chi connectivity index (χ4n) is 6.46. The number of aromatic nitrogens is 3. The van der Waals surface area contributed by atoms with Gasteiger partial charge in [0.1, 0.15) is 30.4 Å². The molecule has 150 valence electrons. The monoisotopic (exact) mass is 388 g/mol. The van der Waals surface area contributed by atoms with Crippen LogP contribution in [0.2, 0.25) is 0 Å². The molecule has 1 aromatic carbocycles. The number of nitrogens with two attached hydrogens (primary N) is 1. The molecule has 2 aromatic heterocycles. The van der Waals surface area contributed by atoms with Gasteiger partial charge in [-0.3, -0.25) is 9.47 Å². The molecule has 0 amide bonds. The summed E-state index contributed by atoms with van der Waals surface area (Å²) in [6.07, 6.45) is 10.4. The minimum absolute atomic E-state index is 0.367. The molecular weight excluding hydrogens is 358 g/mol. The van der Waals surface area contributed by atoms with Crippen molar-refractivity contribution in [1.82, 2.24) is 15.0 Å². The lowest BCUT2D eigenvalue weighted by atomic mass is 9.83. The molecule has 1 saturated heterocycles. The SMILES string of the molecule is NC1CCC2(CC1)C[N+]2(Cc1nc2ccccc2[nH]1)C1CCCc2cccnc21. The number of rotatable bonds is 3. The first-order valence-electron chi connectivity index (χ1n) is 11.2. The highest BCUT2D eigenvalue weighted by atomic mass is 15.6. The van der Waals surface area contributed by atoms with E-state index in [1.54, 1.807) is 0 Å². The van der Waals surface area contributed by atoms with Gasteiger partial charge in [0.05, 0.1) is 11.0 Å². The zero-order valence-corrected chi connectivity index (χ0v) is 17.0. The van der Waals surface area contributed by atoms with Gasteiger partial charge in [-0.15, -0.1) is 0 Å². The molecule has 3 heterocycles. The first-order valence-corrected chi connectivity index (χ1v) is 11.2. The van der Waals surface area contributed by atoms with Crippen molar-refractivity contribution in [3.8, 4) is 0 Å². The Bertz CT molecular complexity index is 1020. The van der Waals surface area contributed by atoms with Gasteiger partial charge < -0.3 is 10.7 Å². The van der Waals surface area contributed by atoms with E-state index in [0.29, 0.717) is 17.6 Å². The number of para-hydroxylation sites is 2. The van der Waals surface area contributed by atoms with E-state index in [0.717, 1.165) is 40.7 Å². The summed E-state index contributed by atoms with van der Waals surface area (Å²) in [6, 6.07) is 13.6. The summed E-state index contributed by atoms with van der Waals surface area (Å²) in [5, 5.41) is 0. The largest absolute Gasteiger partial charge is 0.337 e. The predicted octanol–water partition coefficient (Wildman–Crippen LogP) is 4.01. The standard InChI is InChI=1S/C24H30N5/c25-18-10-12-24(13-11-18)16-29(24,15-22-27-19-7-1-2-8-20(19)28-22)21-9-3-5-17-6-4-14-26-23(17)21/h1-2,4,6-8,14,18,21H,3,5,9-13,15-16,25H2,(H,27,28)/q+1. The second-order valence-electron chi connectivity index (χ2n) is 9.57. The lowest BCUT2D eigenvalue weighted by molar-refractivity contribution is -0.879. The third-order valence-corrected chi connectivity index (χ3v) is 8.01. The van der Waals surface area contributed by atoms with Gasteiger partial charge in [0, 0.05) is 31.5 Å². The number of aromatic amines is 1. The highest BCUT2D eigenvalue weighted by molar-refractivity contribution is 5.74. The highest BCUT2D eigenvalue weighted by Crippen LogP contribution is 2.60. The van der Waals surface area contributed by atoms with Crippen LogP contribution in [0.1, 0.15) is 61.6 Å². The summed E-state index contributed by atoms with van der Waals surface area (Å²) >= 11 is 0. The average molecular weight is 389 g/mol. The Morgan fingerprint density at radius 1 is 1.10 bits per heavy atom. The number of nitrogens with one attached hydrogen (secondary N) is 1. The van der Waals surface area contributed by atoms with Gasteiger partial charge in [-0.2, -0.15) is 0 Å². The molecule has 1 spiro atoms. The average Bonchev–Trinajstić information content (AvgIpc) is 3.16. The van der Waals surface area contributed by atoms with Crippen LogP contribution in [-0.2, 0) is 13.0 Å². The molecule has 3 aromatic rings. The normalized spacial score (nSPS) is 33.7. The molecule has 3 N–H and O–H groups in total. The van der Waals surface area contributed by atoms with E-state index < -0.39 is 0 Å². The number of benzene rings is 1. The van der Waals surface area contributed by atoms with Crippen LogP contribution in [0.4, 0.5) is 0 Å². The van der Waals surface area contributed by atoms with Crippen LogP contribution < -0.4 is 5.73 Å². The van der Waals surface area contributed by atoms with Crippen LogP contribution in [0.15, 0.2) is 42.6 Å². The van der Waals surface area contributed by atoms with E-state index in [-0.39, 0.29) is 0 Å². The van der Waals surface area contributed by atoms with Crippen molar-refractivity contribution in [2.75, 3.05) is 6.54 Å². The molecule has 5 nitrogen and oxygen atoms in total. The number of quaternary nitrogens is 1. The van der Waals surface area contributed by atoms with Gasteiger partial charge in [0.15, 0.2) is 5.82 Å². The number of pyridine rings is 1.